The number of rotatable bonds is 3. The number of hydrogen-bond acceptors (Lipinski definition) is 6. The molecule has 21 heavy (non-hydrogen) atoms. The van der Waals surface area contributed by atoms with Gasteiger partial charge in [-0.15, -0.1) is 0 Å². The van der Waals surface area contributed by atoms with Crippen LogP contribution >= 0.6 is 0 Å². The summed E-state index contributed by atoms with van der Waals surface area (Å²) in [6, 6.07) is -4.36. The molecule has 0 aromatic heterocycles. The van der Waals surface area contributed by atoms with Crippen molar-refractivity contribution in [1.29, 1.82) is 0 Å². The third-order valence-electron chi connectivity index (χ3n) is 4.01. The molecule has 2 rings (SSSR count). The molecule has 2 bridgehead atoms. The number of fused-ring (bicyclic) bond motifs is 2. The van der Waals surface area contributed by atoms with Gasteiger partial charge in [-0.1, -0.05) is 0 Å². The van der Waals surface area contributed by atoms with E-state index in [1.165, 1.54) is 7.05 Å². The van der Waals surface area contributed by atoms with Crippen LogP contribution in [0.1, 0.15) is 13.8 Å². The quantitative estimate of drug-likeness (QED) is 0.540. The molecular weight excluding hydrogens is 282 g/mol. The predicted octanol–water partition coefficient (Wildman–Crippen LogP) is -0.356. The summed E-state index contributed by atoms with van der Waals surface area (Å²) in [4.78, 5) is 47.2. The maximum Gasteiger partial charge on any atom is 0.318 e. The third kappa shape index (κ3) is 2.05. The van der Waals surface area contributed by atoms with Crippen molar-refractivity contribution in [1.82, 2.24) is 10.2 Å². The van der Waals surface area contributed by atoms with E-state index in [0.717, 1.165) is 18.7 Å². The summed E-state index contributed by atoms with van der Waals surface area (Å²) in [5, 5.41) is 23.9. The molecule has 9 heteroatoms. The lowest BCUT2D eigenvalue weighted by atomic mass is 9.73. The standard InChI is InChI=1S/C12H15N3O6/c1-4(16)6-8-10(15(20)21)9(14(3)12(19)13-8)7(5(2)17)11(6)18/h6,8-10,18H,1-3H3,(H,13,19)/t6-,8+,9+,10-/m0/s1. The highest BCUT2D eigenvalue weighted by Crippen LogP contribution is 2.37. The number of likely N-dealkylation sites (N-methyl/N-ethyl adjacent to an activating group) is 1. The fourth-order valence-electron chi connectivity index (χ4n) is 3.10. The monoisotopic (exact) mass is 297 g/mol. The number of nitrogens with one attached hydrogen (secondary N) is 1. The molecule has 0 aromatic rings. The minimum absolute atomic E-state index is 0.245. The van der Waals surface area contributed by atoms with Crippen molar-refractivity contribution in [3.8, 4) is 0 Å². The Morgan fingerprint density at radius 2 is 1.95 bits per heavy atom. The summed E-state index contributed by atoms with van der Waals surface area (Å²) in [5.74, 6) is -2.93. The van der Waals surface area contributed by atoms with Crippen LogP contribution in [0.25, 0.3) is 0 Å². The van der Waals surface area contributed by atoms with E-state index < -0.39 is 52.3 Å². The van der Waals surface area contributed by atoms with Crippen molar-refractivity contribution >= 4 is 17.6 Å². The summed E-state index contributed by atoms with van der Waals surface area (Å²) >= 11 is 0. The molecule has 1 fully saturated rings. The summed E-state index contributed by atoms with van der Waals surface area (Å²) in [5.41, 5.74) is -0.245. The minimum atomic E-state index is -1.38. The Labute approximate surface area is 119 Å². The molecular formula is C12H15N3O6. The fraction of sp³-hybridized carbons (Fsp3) is 0.583. The van der Waals surface area contributed by atoms with Crippen molar-refractivity contribution < 1.29 is 24.4 Å². The van der Waals surface area contributed by atoms with Gasteiger partial charge in [-0.2, -0.15) is 0 Å². The first kappa shape index (κ1) is 14.9. The number of carbonyl (C=O) groups is 3. The Hall–Kier alpha value is -2.45. The number of Topliss-reactive ketones (excluding diaryl/α,β-unsaturated/α-hetero) is 2. The maximum absolute atomic E-state index is 11.9. The molecule has 0 spiro atoms. The van der Waals surface area contributed by atoms with Crippen molar-refractivity contribution in [2.75, 3.05) is 7.05 Å². The van der Waals surface area contributed by atoms with Crippen molar-refractivity contribution in [2.45, 2.75) is 32.0 Å². The van der Waals surface area contributed by atoms with Crippen molar-refractivity contribution in [3.05, 3.63) is 21.4 Å². The molecule has 1 aliphatic heterocycles. The van der Waals surface area contributed by atoms with Gasteiger partial charge in [-0.05, 0) is 13.8 Å². The molecule has 1 saturated heterocycles. The van der Waals surface area contributed by atoms with Gasteiger partial charge in [0.15, 0.2) is 5.78 Å². The van der Waals surface area contributed by atoms with E-state index >= 15 is 0 Å². The van der Waals surface area contributed by atoms with Gasteiger partial charge in [0, 0.05) is 12.0 Å². The predicted molar refractivity (Wildman–Crippen MR) is 69.2 cm³/mol. The number of urea groups is 1. The van der Waals surface area contributed by atoms with Crippen molar-refractivity contribution in [3.63, 3.8) is 0 Å². The smallest absolute Gasteiger partial charge is 0.318 e. The molecule has 1 heterocycles. The first-order valence-electron chi connectivity index (χ1n) is 6.29. The zero-order valence-corrected chi connectivity index (χ0v) is 11.7. The van der Waals surface area contributed by atoms with Gasteiger partial charge in [-0.3, -0.25) is 19.7 Å². The number of amides is 2. The lowest BCUT2D eigenvalue weighted by Gasteiger charge is -2.45. The zero-order valence-electron chi connectivity index (χ0n) is 11.7. The van der Waals surface area contributed by atoms with Crippen LogP contribution in [0.15, 0.2) is 11.3 Å². The van der Waals surface area contributed by atoms with Crippen LogP contribution in [0.5, 0.6) is 0 Å². The Morgan fingerprint density at radius 1 is 1.38 bits per heavy atom. The van der Waals surface area contributed by atoms with E-state index in [-0.39, 0.29) is 5.57 Å². The number of nitrogens with zero attached hydrogens (tertiary/aromatic N) is 2. The Bertz CT molecular complexity index is 584. The molecule has 114 valence electrons. The van der Waals surface area contributed by atoms with Crippen LogP contribution in [-0.2, 0) is 9.59 Å². The third-order valence-corrected chi connectivity index (χ3v) is 4.01. The number of aliphatic hydroxyl groups excluding tert-OH is 1. The average molecular weight is 297 g/mol. The van der Waals surface area contributed by atoms with E-state index in [2.05, 4.69) is 5.32 Å². The van der Waals surface area contributed by atoms with Gasteiger partial charge in [0.2, 0.25) is 0 Å². The summed E-state index contributed by atoms with van der Waals surface area (Å²) in [6.07, 6.45) is 0. The van der Waals surface area contributed by atoms with E-state index in [1.807, 2.05) is 0 Å². The lowest BCUT2D eigenvalue weighted by Crippen LogP contribution is -2.71. The molecule has 0 aromatic carbocycles. The minimum Gasteiger partial charge on any atom is -0.511 e. The number of ketones is 2. The van der Waals surface area contributed by atoms with Crippen molar-refractivity contribution in [2.24, 2.45) is 5.92 Å². The molecule has 1 aliphatic carbocycles. The van der Waals surface area contributed by atoms with E-state index in [9.17, 15) is 29.6 Å². The number of hydrogen-bond donors (Lipinski definition) is 2. The first-order valence-corrected chi connectivity index (χ1v) is 6.29. The number of nitro groups is 1. The lowest BCUT2D eigenvalue weighted by molar-refractivity contribution is -0.535. The first-order chi connectivity index (χ1) is 9.68. The van der Waals surface area contributed by atoms with E-state index in [0.29, 0.717) is 0 Å². The van der Waals surface area contributed by atoms with Gasteiger partial charge in [-0.25, -0.2) is 4.79 Å². The molecule has 0 unspecified atom stereocenters. The second-order valence-corrected chi connectivity index (χ2v) is 5.25. The second-order valence-electron chi connectivity index (χ2n) is 5.25. The van der Waals surface area contributed by atoms with Gasteiger partial charge in [0.05, 0.1) is 5.57 Å². The van der Waals surface area contributed by atoms with Gasteiger partial charge < -0.3 is 15.3 Å². The molecule has 2 N–H and O–H groups in total. The highest BCUT2D eigenvalue weighted by atomic mass is 16.6. The SMILES string of the molecule is CC(=O)C1=C(O)[C@@H](C(C)=O)[C@H]2NC(=O)N(C)[C@H]1[C@H]2[N+](=O)[O-]. The fourth-order valence-corrected chi connectivity index (χ4v) is 3.10. The van der Waals surface area contributed by atoms with Crippen LogP contribution in [0, 0.1) is 16.0 Å². The maximum atomic E-state index is 11.9. The van der Waals surface area contributed by atoms with Crippen LogP contribution in [0.3, 0.4) is 0 Å². The summed E-state index contributed by atoms with van der Waals surface area (Å²) in [6.45, 7) is 2.29. The summed E-state index contributed by atoms with van der Waals surface area (Å²) in [7, 11) is 1.30. The topological polar surface area (TPSA) is 130 Å². The van der Waals surface area contributed by atoms with Gasteiger partial charge in [0.25, 0.3) is 6.04 Å². The Kier molecular flexibility index (Phi) is 3.44. The van der Waals surface area contributed by atoms with E-state index in [1.54, 1.807) is 0 Å². The highest BCUT2D eigenvalue weighted by Gasteiger charge is 2.59. The number of aliphatic hydroxyl groups is 1. The number of carbonyl (C=O) groups excluding carboxylic acids is 3. The molecule has 9 nitrogen and oxygen atoms in total. The van der Waals surface area contributed by atoms with Gasteiger partial charge in [0.1, 0.15) is 29.5 Å². The highest BCUT2D eigenvalue weighted by molar-refractivity contribution is 5.99. The zero-order chi connectivity index (χ0) is 16.1. The molecule has 2 amide bonds. The van der Waals surface area contributed by atoms with Crippen LogP contribution in [-0.4, -0.2) is 57.7 Å². The Balaban J connectivity index is 2.72. The largest absolute Gasteiger partial charge is 0.511 e. The van der Waals surface area contributed by atoms with Crippen LogP contribution in [0.2, 0.25) is 0 Å². The van der Waals surface area contributed by atoms with E-state index in [4.69, 9.17) is 0 Å². The normalized spacial score (nSPS) is 31.8. The van der Waals surface area contributed by atoms with Crippen LogP contribution in [0.4, 0.5) is 4.79 Å². The van der Waals surface area contributed by atoms with Gasteiger partial charge >= 0.3 is 6.03 Å². The summed E-state index contributed by atoms with van der Waals surface area (Å²) < 4.78 is 0. The molecule has 4 atom stereocenters. The Morgan fingerprint density at radius 3 is 2.38 bits per heavy atom. The second kappa shape index (κ2) is 4.83. The molecule has 0 radical (unpaired) electrons. The molecule has 0 saturated carbocycles. The average Bonchev–Trinajstić information content (AvgIpc) is 2.33. The molecule has 2 aliphatic rings. The van der Waals surface area contributed by atoms with Crippen LogP contribution < -0.4 is 5.32 Å².